The van der Waals surface area contributed by atoms with Gasteiger partial charge in [-0.1, -0.05) is 51.8 Å². The summed E-state index contributed by atoms with van der Waals surface area (Å²) >= 11 is 3.47. The van der Waals surface area contributed by atoms with Crippen LogP contribution >= 0.6 is 15.9 Å². The normalized spacial score (nSPS) is 14.3. The monoisotopic (exact) mass is 477 g/mol. The average Bonchev–Trinajstić information content (AvgIpc) is 3.14. The van der Waals surface area contributed by atoms with E-state index in [1.807, 2.05) is 79.7 Å². The first-order valence-electron chi connectivity index (χ1n) is 9.78. The van der Waals surface area contributed by atoms with E-state index in [9.17, 15) is 4.79 Å². The van der Waals surface area contributed by atoms with Crippen LogP contribution in [-0.2, 0) is 9.53 Å². The van der Waals surface area contributed by atoms with E-state index in [1.165, 1.54) is 5.56 Å². The Morgan fingerprint density at radius 3 is 2.48 bits per heavy atom. The molecule has 0 spiro atoms. The van der Waals surface area contributed by atoms with Crippen molar-refractivity contribution in [3.05, 3.63) is 99.7 Å². The Morgan fingerprint density at radius 2 is 1.71 bits per heavy atom. The number of hydrogen-bond donors (Lipinski definition) is 0. The minimum absolute atomic E-state index is 0.220. The third-order valence-electron chi connectivity index (χ3n) is 4.54. The lowest BCUT2D eigenvalue weighted by atomic mass is 10.1. The Kier molecular flexibility index (Phi) is 6.48. The van der Waals surface area contributed by atoms with E-state index in [0.717, 1.165) is 21.3 Å². The fraction of sp³-hybridized carbons (Fsp3) is 0.120. The molecule has 0 fully saturated rings. The molecule has 5 nitrogen and oxygen atoms in total. The van der Waals surface area contributed by atoms with Gasteiger partial charge in [0.25, 0.3) is 0 Å². The Bertz CT molecular complexity index is 1140. The molecule has 1 aliphatic rings. The van der Waals surface area contributed by atoms with Gasteiger partial charge in [0.2, 0.25) is 5.90 Å². The van der Waals surface area contributed by atoms with E-state index in [0.29, 0.717) is 24.9 Å². The summed E-state index contributed by atoms with van der Waals surface area (Å²) in [7, 11) is 0. The summed E-state index contributed by atoms with van der Waals surface area (Å²) in [5, 5.41) is 0. The minimum Gasteiger partial charge on any atom is -0.490 e. The lowest BCUT2D eigenvalue weighted by molar-refractivity contribution is -0.129. The summed E-state index contributed by atoms with van der Waals surface area (Å²) in [4.78, 5) is 16.7. The molecule has 3 aromatic rings. The van der Waals surface area contributed by atoms with Crippen LogP contribution in [-0.4, -0.2) is 25.1 Å². The second-order valence-corrected chi connectivity index (χ2v) is 7.81. The number of carbonyl (C=O) groups is 1. The molecule has 6 heteroatoms. The summed E-state index contributed by atoms with van der Waals surface area (Å²) in [5.41, 5.74) is 2.87. The average molecular weight is 478 g/mol. The molecule has 1 heterocycles. The maximum atomic E-state index is 12.3. The van der Waals surface area contributed by atoms with Gasteiger partial charge in [-0.3, -0.25) is 0 Å². The van der Waals surface area contributed by atoms with Crippen molar-refractivity contribution >= 4 is 33.9 Å². The van der Waals surface area contributed by atoms with Gasteiger partial charge >= 0.3 is 5.97 Å². The molecule has 0 saturated heterocycles. The highest BCUT2D eigenvalue weighted by Crippen LogP contribution is 2.28. The first kappa shape index (κ1) is 20.9. The molecular formula is C25H20BrNO4. The predicted molar refractivity (Wildman–Crippen MR) is 123 cm³/mol. The Hall–Kier alpha value is -3.38. The Morgan fingerprint density at radius 1 is 0.968 bits per heavy atom. The minimum atomic E-state index is -0.493. The van der Waals surface area contributed by atoms with Crippen LogP contribution < -0.4 is 9.47 Å². The topological polar surface area (TPSA) is 57.1 Å². The van der Waals surface area contributed by atoms with Crippen molar-refractivity contribution in [3.8, 4) is 11.5 Å². The van der Waals surface area contributed by atoms with Crippen LogP contribution in [0.5, 0.6) is 11.5 Å². The fourth-order valence-electron chi connectivity index (χ4n) is 2.97. The van der Waals surface area contributed by atoms with Gasteiger partial charge in [0.1, 0.15) is 24.7 Å². The predicted octanol–water partition coefficient (Wildman–Crippen LogP) is 5.56. The van der Waals surface area contributed by atoms with Crippen LogP contribution in [0, 0.1) is 6.92 Å². The SMILES string of the molecule is Cc1ccc(OCCOc2ccc(Br)cc2C=C2N=C(c3ccccc3)OC2=O)cc1. The number of hydrogen-bond acceptors (Lipinski definition) is 5. The summed E-state index contributed by atoms with van der Waals surface area (Å²) in [6.45, 7) is 2.78. The van der Waals surface area contributed by atoms with E-state index in [-0.39, 0.29) is 5.70 Å². The zero-order valence-corrected chi connectivity index (χ0v) is 18.5. The molecule has 0 aliphatic carbocycles. The molecular weight excluding hydrogens is 458 g/mol. The first-order valence-corrected chi connectivity index (χ1v) is 10.6. The quantitative estimate of drug-likeness (QED) is 0.254. The molecule has 3 aromatic carbocycles. The second-order valence-electron chi connectivity index (χ2n) is 6.89. The maximum absolute atomic E-state index is 12.3. The highest BCUT2D eigenvalue weighted by atomic mass is 79.9. The maximum Gasteiger partial charge on any atom is 0.363 e. The number of nitrogens with zero attached hydrogens (tertiary/aromatic N) is 1. The highest BCUT2D eigenvalue weighted by Gasteiger charge is 2.24. The third-order valence-corrected chi connectivity index (χ3v) is 5.03. The summed E-state index contributed by atoms with van der Waals surface area (Å²) in [5.74, 6) is 1.22. The van der Waals surface area contributed by atoms with Crippen molar-refractivity contribution < 1.29 is 19.0 Å². The zero-order valence-electron chi connectivity index (χ0n) is 16.9. The Balaban J connectivity index is 1.47. The molecule has 0 amide bonds. The van der Waals surface area contributed by atoms with Crippen molar-refractivity contribution in [2.75, 3.05) is 13.2 Å². The molecule has 0 aromatic heterocycles. The standard InChI is InChI=1S/C25H20BrNO4/c1-17-7-10-21(11-8-17)29-13-14-30-23-12-9-20(26)15-19(23)16-22-25(28)31-24(27-22)18-5-3-2-4-6-18/h2-12,15-16H,13-14H2,1H3. The van der Waals surface area contributed by atoms with Crippen molar-refractivity contribution in [3.63, 3.8) is 0 Å². The van der Waals surface area contributed by atoms with Gasteiger partial charge in [0.05, 0.1) is 0 Å². The molecule has 1 aliphatic heterocycles. The lowest BCUT2D eigenvalue weighted by Crippen LogP contribution is -2.09. The molecule has 0 radical (unpaired) electrons. The van der Waals surface area contributed by atoms with Crippen molar-refractivity contribution in [2.45, 2.75) is 6.92 Å². The number of aryl methyl sites for hydroxylation is 1. The van der Waals surface area contributed by atoms with Crippen molar-refractivity contribution in [1.82, 2.24) is 0 Å². The number of ether oxygens (including phenoxy) is 3. The van der Waals surface area contributed by atoms with E-state index in [4.69, 9.17) is 14.2 Å². The number of halogens is 1. The van der Waals surface area contributed by atoms with E-state index < -0.39 is 5.97 Å². The van der Waals surface area contributed by atoms with Gasteiger partial charge in [-0.05, 0) is 55.5 Å². The molecule has 0 atom stereocenters. The molecule has 0 N–H and O–H groups in total. The molecule has 31 heavy (non-hydrogen) atoms. The largest absolute Gasteiger partial charge is 0.490 e. The number of cyclic esters (lactones) is 1. The second kappa shape index (κ2) is 9.62. The summed E-state index contributed by atoms with van der Waals surface area (Å²) in [6, 6.07) is 22.8. The van der Waals surface area contributed by atoms with E-state index >= 15 is 0 Å². The Labute approximate surface area is 189 Å². The fourth-order valence-corrected chi connectivity index (χ4v) is 3.35. The van der Waals surface area contributed by atoms with Crippen LogP contribution in [0.25, 0.3) is 6.08 Å². The first-order chi connectivity index (χ1) is 15.1. The summed E-state index contributed by atoms with van der Waals surface area (Å²) < 4.78 is 17.8. The van der Waals surface area contributed by atoms with Crippen LogP contribution in [0.4, 0.5) is 0 Å². The molecule has 156 valence electrons. The molecule has 0 unspecified atom stereocenters. The summed E-state index contributed by atoms with van der Waals surface area (Å²) in [6.07, 6.45) is 1.67. The van der Waals surface area contributed by atoms with Crippen molar-refractivity contribution in [1.29, 1.82) is 0 Å². The highest BCUT2D eigenvalue weighted by molar-refractivity contribution is 9.10. The van der Waals surface area contributed by atoms with Crippen LogP contribution in [0.2, 0.25) is 0 Å². The zero-order chi connectivity index (χ0) is 21.6. The van der Waals surface area contributed by atoms with Gasteiger partial charge in [-0.2, -0.15) is 0 Å². The van der Waals surface area contributed by atoms with Gasteiger partial charge in [-0.25, -0.2) is 9.79 Å². The van der Waals surface area contributed by atoms with E-state index in [2.05, 4.69) is 20.9 Å². The van der Waals surface area contributed by atoms with Gasteiger partial charge < -0.3 is 14.2 Å². The smallest absolute Gasteiger partial charge is 0.363 e. The van der Waals surface area contributed by atoms with Crippen LogP contribution in [0.3, 0.4) is 0 Å². The molecule has 0 saturated carbocycles. The molecule has 4 rings (SSSR count). The number of rotatable bonds is 7. The van der Waals surface area contributed by atoms with Crippen LogP contribution in [0.1, 0.15) is 16.7 Å². The number of carbonyl (C=O) groups excluding carboxylic acids is 1. The number of esters is 1. The number of aliphatic imine (C=N–C) groups is 1. The lowest BCUT2D eigenvalue weighted by Gasteiger charge is -2.11. The van der Waals surface area contributed by atoms with Gasteiger partial charge in [0.15, 0.2) is 5.70 Å². The van der Waals surface area contributed by atoms with E-state index in [1.54, 1.807) is 6.08 Å². The third kappa shape index (κ3) is 5.41. The van der Waals surface area contributed by atoms with Gasteiger partial charge in [-0.15, -0.1) is 0 Å². The van der Waals surface area contributed by atoms with Crippen molar-refractivity contribution in [2.24, 2.45) is 4.99 Å². The molecule has 0 bridgehead atoms. The number of benzene rings is 3. The van der Waals surface area contributed by atoms with Crippen LogP contribution in [0.15, 0.2) is 88.0 Å². The van der Waals surface area contributed by atoms with Gasteiger partial charge in [0, 0.05) is 15.6 Å².